The number of hydrogen-bond donors (Lipinski definition) is 20. The Kier molecular flexibility index (Phi) is 57.0. The number of carbonyl (C=O) groups excluding carboxylic acids is 15. The van der Waals surface area contributed by atoms with Crippen LogP contribution in [0.15, 0.2) is 12.4 Å². The van der Waals surface area contributed by atoms with E-state index >= 15 is 0 Å². The van der Waals surface area contributed by atoms with Crippen LogP contribution in [0.1, 0.15) is 169 Å². The highest BCUT2D eigenvalue weighted by molar-refractivity contribution is 6.00. The number of nitrogens with zero attached hydrogens (tertiary/aromatic N) is 6. The van der Waals surface area contributed by atoms with Crippen LogP contribution in [0.4, 0.5) is 8.78 Å². The van der Waals surface area contributed by atoms with E-state index in [2.05, 4.69) is 57.8 Å². The Bertz CT molecular complexity index is 4540. The molecule has 4 rings (SSSR count). The number of aryl methyl sites for hydroxylation is 2. The lowest BCUT2D eigenvalue weighted by atomic mass is 9.86. The molecule has 2 saturated heterocycles. The highest BCUT2D eigenvalue weighted by Gasteiger charge is 2.50. The maximum atomic E-state index is 13.9. The maximum Gasteiger partial charge on any atom is 0.305 e. The maximum absolute atomic E-state index is 13.9. The van der Waals surface area contributed by atoms with Crippen molar-refractivity contribution in [2.45, 2.75) is 268 Å². The number of aliphatic hydroxyl groups excluding tert-OH is 6. The zero-order chi connectivity index (χ0) is 107. The minimum absolute atomic E-state index is 0.0362. The minimum atomic E-state index is -2.12. The number of aromatic nitrogens is 6. The van der Waals surface area contributed by atoms with Crippen LogP contribution in [0, 0.1) is 41.4 Å². The fourth-order valence-electron chi connectivity index (χ4n) is 14.3. The second-order valence-corrected chi connectivity index (χ2v) is 34.6. The number of carbonyl (C=O) groups is 21. The molecule has 19 atom stereocenters. The lowest BCUT2D eigenvalue weighted by molar-refractivity contribution is -0.218. The SMILES string of the molecule is CC(=O)CCOCCOCCOCCOCCNC(=O)[C@H](C)CC(=O)[C@H](CC(=O)O)NC(=O)[C@@H](CC(=O)[C@H](CCC(=O)O)NC(=O)[C@H](CC(=O)O)CC(=O)C1OC(CNC(=O)Cn2cc(CCC[18F])nn2)C(O)C(O)C1O)C(C)C.CC(C)[C@H](CC(=O)[C@H](CCC(=O)O)NC(=O)[C@H](CC(=O)O)CC(=O)C1OC(CNC(=O)Cn2cc(CCC[18F])nn2)C(O)C(O)C1O)C(=O)N[C@@H](CC(=O)O)C(=O)CCC(N)=O. The van der Waals surface area contributed by atoms with Gasteiger partial charge in [0.2, 0.25) is 47.3 Å². The van der Waals surface area contributed by atoms with Gasteiger partial charge in [-0.2, -0.15) is 0 Å². The standard InChI is InChI=1S/C50H78FN7O22.C37H54FN7O17/c1-28(2)33(50(75)55-35(24-43(68)69)36(60)20-29(3)48(73)52-11-13-77-15-17-79-19-18-78-16-14-76-12-9-30(4)59)23-37(61)34(7-8-41(64)65)54-49(74)31(22-42(66)67)21-38(62)47-46(72)45(71)44(70)39(80-47)25-53-40(63)27-58-26-32(56-57-58)6-5-10-51;1-17(2)20(37(61)42-22(13-31(55)56)23(46)6-7-27(39)49)12-24(47)21(5-8-29(51)52)41-36(60)18(11-30(53)54)10-25(48)35-34(59)33(58)32(57)26(62-35)14-40-28(50)16-45-15-19(43-44-45)4-3-9-38/h26,28-29,31,33-35,39,44-47,70-72H,5-25,27H2,1-4H3,(H,52,73)(H,53,63)(H,54,74)(H,55,75)(H,64,65)(H,66,67)(H,68,69);15,17-18,20-22,26,32-35,57-59H,3-14,16H2,1-2H3,(H2,39,49)(H,40,50)(H,41,60)(H,42,61)(H,51,52)(H,53,54)(H,55,56)/t29-,31+,33+,34+,35+,39?,44?,45?,46?,47?;18-,20-,21-,22-,26?,32?,33?,34?,35?/m10/s1/i51-1;38-1. The van der Waals surface area contributed by atoms with E-state index in [4.69, 9.17) is 34.2 Å². The zero-order valence-electron chi connectivity index (χ0n) is 79.4. The number of rotatable bonds is 73. The highest BCUT2D eigenvalue weighted by Crippen LogP contribution is 2.29. The van der Waals surface area contributed by atoms with Crippen molar-refractivity contribution in [3.8, 4) is 0 Å². The van der Waals surface area contributed by atoms with Crippen molar-refractivity contribution in [2.75, 3.05) is 85.8 Å². The highest BCUT2D eigenvalue weighted by atomic mass is 18.2. The molecule has 0 aromatic carbocycles. The summed E-state index contributed by atoms with van der Waals surface area (Å²) in [4.78, 5) is 266. The van der Waals surface area contributed by atoms with Crippen LogP contribution in [0.2, 0.25) is 0 Å². The van der Waals surface area contributed by atoms with E-state index in [-0.39, 0.29) is 70.9 Å². The summed E-state index contributed by atoms with van der Waals surface area (Å²) < 4.78 is 59.9. The second kappa shape index (κ2) is 65.2. The number of nitrogens with two attached hydrogens (primary N) is 1. The first kappa shape index (κ1) is 124. The first-order valence-electron chi connectivity index (χ1n) is 45.8. The number of aliphatic carboxylic acids is 6. The van der Waals surface area contributed by atoms with Crippen LogP contribution in [-0.2, 0) is 155 Å². The largest absolute Gasteiger partial charge is 0.481 e. The molecule has 2 aromatic rings. The minimum Gasteiger partial charge on any atom is -0.481 e. The number of amides is 8. The summed E-state index contributed by atoms with van der Waals surface area (Å²) in [5.41, 5.74) is 5.91. The third-order valence-corrected chi connectivity index (χ3v) is 22.3. The summed E-state index contributed by atoms with van der Waals surface area (Å²) in [7, 11) is 0. The molecule has 21 N–H and O–H groups in total. The van der Waals surface area contributed by atoms with Crippen molar-refractivity contribution < 1.29 is 199 Å². The lowest BCUT2D eigenvalue weighted by Gasteiger charge is -2.40. The summed E-state index contributed by atoms with van der Waals surface area (Å²) in [6.07, 6.45) is -26.4. The van der Waals surface area contributed by atoms with E-state index in [1.165, 1.54) is 53.9 Å². The van der Waals surface area contributed by atoms with Gasteiger partial charge in [0.15, 0.2) is 34.7 Å². The van der Waals surface area contributed by atoms with Crippen molar-refractivity contribution in [1.82, 2.24) is 67.2 Å². The number of hydrogen-bond acceptors (Lipinski definition) is 37. The van der Waals surface area contributed by atoms with Gasteiger partial charge in [0.05, 0.1) is 139 Å². The lowest BCUT2D eigenvalue weighted by Crippen LogP contribution is -2.62. The van der Waals surface area contributed by atoms with Crippen LogP contribution in [0.3, 0.4) is 0 Å². The molecule has 2 aromatic heterocycles. The molecule has 2 aliphatic rings. The predicted molar refractivity (Wildman–Crippen MR) is 474 cm³/mol. The Morgan fingerprint density at radius 3 is 1.11 bits per heavy atom. The number of primary amides is 1. The van der Waals surface area contributed by atoms with Crippen LogP contribution < -0.4 is 43.0 Å². The second-order valence-electron chi connectivity index (χ2n) is 34.6. The van der Waals surface area contributed by atoms with E-state index in [9.17, 15) is 171 Å². The van der Waals surface area contributed by atoms with E-state index in [1.807, 2.05) is 0 Å². The summed E-state index contributed by atoms with van der Waals surface area (Å²) >= 11 is 0. The van der Waals surface area contributed by atoms with E-state index in [1.54, 1.807) is 0 Å². The third-order valence-electron chi connectivity index (χ3n) is 22.3. The molecule has 2 fully saturated rings. The van der Waals surface area contributed by atoms with Gasteiger partial charge >= 0.3 is 35.8 Å². The molecule has 0 radical (unpaired) electrons. The average Bonchev–Trinajstić information content (AvgIpc) is 0.836. The normalized spacial score (nSPS) is 19.6. The molecule has 798 valence electrons. The van der Waals surface area contributed by atoms with Gasteiger partial charge < -0.3 is 133 Å². The average molecular weight is 2030 g/mol. The number of alkyl halides is 2. The number of Topliss-reactive ketones (excluding diaryl/α,β-unsaturated/α-hetero) is 7. The van der Waals surface area contributed by atoms with Crippen molar-refractivity contribution in [2.24, 2.45) is 47.2 Å². The van der Waals surface area contributed by atoms with Crippen molar-refractivity contribution in [1.29, 1.82) is 0 Å². The third kappa shape index (κ3) is 47.2. The number of carboxylic acid groups (broad SMARTS) is 6. The number of aliphatic hydroxyl groups is 6. The summed E-state index contributed by atoms with van der Waals surface area (Å²) in [5.74, 6) is -30.7. The van der Waals surface area contributed by atoms with Gasteiger partial charge in [0.1, 0.15) is 79.9 Å². The fourth-order valence-corrected chi connectivity index (χ4v) is 14.3. The first-order valence-corrected chi connectivity index (χ1v) is 45.8. The van der Waals surface area contributed by atoms with Gasteiger partial charge in [0, 0.05) is 114 Å². The Labute approximate surface area is 811 Å². The quantitative estimate of drug-likeness (QED) is 0.0274. The number of carboxylic acids is 6. The van der Waals surface area contributed by atoms with Crippen molar-refractivity contribution in [3.05, 3.63) is 23.8 Å². The van der Waals surface area contributed by atoms with Crippen LogP contribution >= 0.6 is 0 Å². The number of nitrogens with one attached hydrogen (secondary N) is 7. The smallest absolute Gasteiger partial charge is 0.305 e. The Hall–Kier alpha value is -12.1. The molecule has 2 aliphatic heterocycles. The van der Waals surface area contributed by atoms with Crippen LogP contribution in [0.5, 0.6) is 0 Å². The number of ketones is 7. The molecule has 0 aliphatic carbocycles. The summed E-state index contributed by atoms with van der Waals surface area (Å²) in [6.45, 7) is 8.12. The molecule has 55 heteroatoms. The molecule has 142 heavy (non-hydrogen) atoms. The van der Waals surface area contributed by atoms with E-state index in [0.29, 0.717) is 50.8 Å². The number of ether oxygens (including phenoxy) is 6. The molecular weight excluding hydrogens is 1900 g/mol. The van der Waals surface area contributed by atoms with Crippen molar-refractivity contribution in [3.63, 3.8) is 0 Å². The zero-order valence-corrected chi connectivity index (χ0v) is 79.4. The molecule has 4 heterocycles. The van der Waals surface area contributed by atoms with Crippen LogP contribution in [-0.4, -0.2) is 386 Å². The summed E-state index contributed by atoms with van der Waals surface area (Å²) in [6, 6.07) is -6.70. The van der Waals surface area contributed by atoms with E-state index < -0.39 is 367 Å². The molecule has 10 unspecified atom stereocenters. The predicted octanol–water partition coefficient (Wildman–Crippen LogP) is -5.93. The summed E-state index contributed by atoms with van der Waals surface area (Å²) in [5, 5.41) is 153. The van der Waals surface area contributed by atoms with Gasteiger partial charge in [0.25, 0.3) is 0 Å². The molecule has 0 spiro atoms. The topological polar surface area (TPSA) is 828 Å². The van der Waals surface area contributed by atoms with Crippen LogP contribution in [0.25, 0.3) is 0 Å². The molecule has 0 bridgehead atoms. The molecular formula is C87H132F2N14O39. The van der Waals surface area contributed by atoms with Crippen molar-refractivity contribution >= 4 is 124 Å². The Balaban J connectivity index is 0.000000754. The van der Waals surface area contributed by atoms with E-state index in [0.717, 1.165) is 9.36 Å². The molecule has 53 nitrogen and oxygen atoms in total. The van der Waals surface area contributed by atoms with Gasteiger partial charge in [-0.25, -0.2) is 9.36 Å². The monoisotopic (exact) mass is 2030 g/mol. The van der Waals surface area contributed by atoms with Gasteiger partial charge in [-0.1, -0.05) is 45.0 Å². The molecule has 0 saturated carbocycles. The Morgan fingerprint density at radius 1 is 0.401 bits per heavy atom. The number of halogens is 2. The van der Waals surface area contributed by atoms with Gasteiger partial charge in [-0.05, 0) is 57.3 Å². The molecule has 8 amide bonds. The van der Waals surface area contributed by atoms with Gasteiger partial charge in [-0.15, -0.1) is 10.2 Å². The fraction of sp³-hybridized carbons (Fsp3) is 0.713. The first-order chi connectivity index (χ1) is 66.9. The Morgan fingerprint density at radius 2 is 0.761 bits per heavy atom. The van der Waals surface area contributed by atoms with Gasteiger partial charge in [-0.3, -0.25) is 109 Å².